The number of hydrogen-bond acceptors (Lipinski definition) is 4. The largest absolute Gasteiger partial charge is 0.486 e. The van der Waals surface area contributed by atoms with Gasteiger partial charge in [-0.05, 0) is 37.9 Å². The first kappa shape index (κ1) is 14.8. The van der Waals surface area contributed by atoms with Gasteiger partial charge in [0.1, 0.15) is 12.7 Å². The van der Waals surface area contributed by atoms with E-state index in [-0.39, 0.29) is 6.10 Å². The number of carbonyl (C=O) groups is 1. The molecule has 0 aromatic heterocycles. The van der Waals surface area contributed by atoms with Gasteiger partial charge in [0.15, 0.2) is 11.5 Å². The van der Waals surface area contributed by atoms with Gasteiger partial charge in [-0.2, -0.15) is 0 Å². The summed E-state index contributed by atoms with van der Waals surface area (Å²) < 4.78 is 11.9. The molecular formula is C18H24N2O3. The van der Waals surface area contributed by atoms with Gasteiger partial charge in [-0.1, -0.05) is 12.1 Å². The summed E-state index contributed by atoms with van der Waals surface area (Å²) in [4.78, 5) is 16.5. The molecule has 0 bridgehead atoms. The van der Waals surface area contributed by atoms with Crippen LogP contribution in [-0.4, -0.2) is 60.6 Å². The molecule has 3 aliphatic rings. The number of rotatable bonds is 3. The second kappa shape index (κ2) is 6.40. The monoisotopic (exact) mass is 316 g/mol. The van der Waals surface area contributed by atoms with Crippen LogP contribution in [0.4, 0.5) is 0 Å². The Balaban J connectivity index is 1.35. The van der Waals surface area contributed by atoms with Gasteiger partial charge in [-0.25, -0.2) is 0 Å². The minimum Gasteiger partial charge on any atom is -0.486 e. The Bertz CT molecular complexity index is 577. The number of para-hydroxylation sites is 2. The maximum atomic E-state index is 12.0. The van der Waals surface area contributed by atoms with Gasteiger partial charge in [0.2, 0.25) is 5.91 Å². The molecule has 2 saturated heterocycles. The smallest absolute Gasteiger partial charge is 0.222 e. The number of hydrogen-bond donors (Lipinski definition) is 0. The molecule has 1 aromatic rings. The number of fused-ring (bicyclic) bond motifs is 1. The van der Waals surface area contributed by atoms with Gasteiger partial charge in [0.05, 0.1) is 0 Å². The lowest BCUT2D eigenvalue weighted by Gasteiger charge is -2.39. The van der Waals surface area contributed by atoms with Crippen molar-refractivity contribution < 1.29 is 14.3 Å². The SMILES string of the molecule is O=C1CCCN1C1CCCN(CC2COc3ccccc3O2)C1. The molecule has 0 spiro atoms. The Morgan fingerprint density at radius 2 is 2.00 bits per heavy atom. The summed E-state index contributed by atoms with van der Waals surface area (Å²) in [6.45, 7) is 4.45. The number of piperidine rings is 1. The molecule has 5 heteroatoms. The van der Waals surface area contributed by atoms with E-state index in [0.29, 0.717) is 18.6 Å². The van der Waals surface area contributed by atoms with Gasteiger partial charge in [0.25, 0.3) is 0 Å². The summed E-state index contributed by atoms with van der Waals surface area (Å²) in [5, 5.41) is 0. The first-order valence-corrected chi connectivity index (χ1v) is 8.70. The Labute approximate surface area is 137 Å². The Morgan fingerprint density at radius 1 is 1.13 bits per heavy atom. The lowest BCUT2D eigenvalue weighted by Crippen LogP contribution is -2.51. The topological polar surface area (TPSA) is 42.0 Å². The molecule has 2 fully saturated rings. The molecule has 3 aliphatic heterocycles. The molecule has 5 nitrogen and oxygen atoms in total. The lowest BCUT2D eigenvalue weighted by molar-refractivity contribution is -0.130. The quantitative estimate of drug-likeness (QED) is 0.854. The van der Waals surface area contributed by atoms with Crippen LogP contribution in [0.25, 0.3) is 0 Å². The van der Waals surface area contributed by atoms with E-state index < -0.39 is 0 Å². The third-order valence-corrected chi connectivity index (χ3v) is 5.06. The third-order valence-electron chi connectivity index (χ3n) is 5.06. The summed E-state index contributed by atoms with van der Waals surface area (Å²) in [6.07, 6.45) is 4.10. The highest BCUT2D eigenvalue weighted by Gasteiger charge is 2.32. The number of amides is 1. The zero-order valence-corrected chi connectivity index (χ0v) is 13.4. The van der Waals surface area contributed by atoms with Crippen molar-refractivity contribution in [2.45, 2.75) is 37.8 Å². The normalized spacial score (nSPS) is 28.2. The molecule has 23 heavy (non-hydrogen) atoms. The van der Waals surface area contributed by atoms with Crippen molar-refractivity contribution >= 4 is 5.91 Å². The number of nitrogens with zero attached hydrogens (tertiary/aromatic N) is 2. The molecular weight excluding hydrogens is 292 g/mol. The van der Waals surface area contributed by atoms with Crippen LogP contribution in [0.5, 0.6) is 11.5 Å². The van der Waals surface area contributed by atoms with E-state index in [4.69, 9.17) is 9.47 Å². The summed E-state index contributed by atoms with van der Waals surface area (Å²) in [7, 11) is 0. The molecule has 1 amide bonds. The number of benzene rings is 1. The van der Waals surface area contributed by atoms with E-state index in [1.165, 1.54) is 0 Å². The average Bonchev–Trinajstić information content (AvgIpc) is 3.01. The maximum Gasteiger partial charge on any atom is 0.222 e. The molecule has 2 unspecified atom stereocenters. The first-order valence-electron chi connectivity index (χ1n) is 8.70. The van der Waals surface area contributed by atoms with Crippen molar-refractivity contribution in [1.82, 2.24) is 9.80 Å². The van der Waals surface area contributed by atoms with Gasteiger partial charge in [-0.3, -0.25) is 9.69 Å². The zero-order chi connectivity index (χ0) is 15.6. The van der Waals surface area contributed by atoms with Crippen molar-refractivity contribution in [3.63, 3.8) is 0 Å². The second-order valence-electron chi connectivity index (χ2n) is 6.74. The minimum absolute atomic E-state index is 0.0675. The van der Waals surface area contributed by atoms with Gasteiger partial charge in [-0.15, -0.1) is 0 Å². The predicted molar refractivity (Wildman–Crippen MR) is 86.8 cm³/mol. The summed E-state index contributed by atoms with van der Waals surface area (Å²) >= 11 is 0. The Kier molecular flexibility index (Phi) is 4.12. The standard InChI is InChI=1S/C18H24N2O3/c21-18-8-4-10-20(18)14-5-3-9-19(11-14)12-15-13-22-16-6-1-2-7-17(16)23-15/h1-2,6-7,14-15H,3-5,8-13H2. The summed E-state index contributed by atoms with van der Waals surface area (Å²) in [5.41, 5.74) is 0. The van der Waals surface area contributed by atoms with Crippen LogP contribution in [0, 0.1) is 0 Å². The van der Waals surface area contributed by atoms with E-state index in [1.54, 1.807) is 0 Å². The van der Waals surface area contributed by atoms with Crippen LogP contribution in [0.3, 0.4) is 0 Å². The first-order chi connectivity index (χ1) is 11.3. The molecule has 1 aromatic carbocycles. The number of carbonyl (C=O) groups excluding carboxylic acids is 1. The molecule has 0 aliphatic carbocycles. The molecule has 3 heterocycles. The van der Waals surface area contributed by atoms with Crippen molar-refractivity contribution in [3.05, 3.63) is 24.3 Å². The van der Waals surface area contributed by atoms with Crippen LogP contribution in [-0.2, 0) is 4.79 Å². The van der Waals surface area contributed by atoms with Crippen molar-refractivity contribution in [2.75, 3.05) is 32.8 Å². The fourth-order valence-corrected chi connectivity index (χ4v) is 3.95. The van der Waals surface area contributed by atoms with Crippen LogP contribution >= 0.6 is 0 Å². The van der Waals surface area contributed by atoms with Gasteiger partial charge < -0.3 is 14.4 Å². The van der Waals surface area contributed by atoms with E-state index >= 15 is 0 Å². The lowest BCUT2D eigenvalue weighted by atomic mass is 10.0. The highest BCUT2D eigenvalue weighted by atomic mass is 16.6. The van der Waals surface area contributed by atoms with Crippen LogP contribution in [0.2, 0.25) is 0 Å². The molecule has 0 N–H and O–H groups in total. The highest BCUT2D eigenvalue weighted by Crippen LogP contribution is 2.31. The molecule has 0 saturated carbocycles. The Morgan fingerprint density at radius 3 is 2.83 bits per heavy atom. The van der Waals surface area contributed by atoms with Crippen molar-refractivity contribution in [2.24, 2.45) is 0 Å². The molecule has 4 rings (SSSR count). The highest BCUT2D eigenvalue weighted by molar-refractivity contribution is 5.78. The van der Waals surface area contributed by atoms with E-state index in [1.807, 2.05) is 24.3 Å². The summed E-state index contributed by atoms with van der Waals surface area (Å²) in [5.74, 6) is 2.01. The molecule has 0 radical (unpaired) electrons. The van der Waals surface area contributed by atoms with E-state index in [2.05, 4.69) is 9.80 Å². The fourth-order valence-electron chi connectivity index (χ4n) is 3.95. The fraction of sp³-hybridized carbons (Fsp3) is 0.611. The molecule has 124 valence electrons. The number of ether oxygens (including phenoxy) is 2. The maximum absolute atomic E-state index is 12.0. The zero-order valence-electron chi connectivity index (χ0n) is 13.4. The third kappa shape index (κ3) is 3.15. The van der Waals surface area contributed by atoms with Crippen LogP contribution < -0.4 is 9.47 Å². The Hall–Kier alpha value is -1.75. The van der Waals surface area contributed by atoms with Crippen LogP contribution in [0.1, 0.15) is 25.7 Å². The average molecular weight is 316 g/mol. The number of likely N-dealkylation sites (tertiary alicyclic amines) is 2. The van der Waals surface area contributed by atoms with Crippen molar-refractivity contribution in [1.29, 1.82) is 0 Å². The molecule has 2 atom stereocenters. The predicted octanol–water partition coefficient (Wildman–Crippen LogP) is 1.91. The van der Waals surface area contributed by atoms with E-state index in [0.717, 1.165) is 63.4 Å². The summed E-state index contributed by atoms with van der Waals surface area (Å²) in [6, 6.07) is 8.23. The van der Waals surface area contributed by atoms with Gasteiger partial charge in [0, 0.05) is 32.1 Å². The van der Waals surface area contributed by atoms with Crippen LogP contribution in [0.15, 0.2) is 24.3 Å². The van der Waals surface area contributed by atoms with Gasteiger partial charge >= 0.3 is 0 Å². The second-order valence-corrected chi connectivity index (χ2v) is 6.74. The van der Waals surface area contributed by atoms with E-state index in [9.17, 15) is 4.79 Å². The minimum atomic E-state index is 0.0675. The van der Waals surface area contributed by atoms with Crippen molar-refractivity contribution in [3.8, 4) is 11.5 Å².